The number of ether oxygens (including phenoxy) is 1. The van der Waals surface area contributed by atoms with Crippen LogP contribution in [0.3, 0.4) is 0 Å². The van der Waals surface area contributed by atoms with Crippen LogP contribution in [0.4, 0.5) is 10.6 Å². The maximum Gasteiger partial charge on any atom is 0.407 e. The molecule has 0 atom stereocenters. The molecule has 6 heteroatoms. The van der Waals surface area contributed by atoms with Gasteiger partial charge in [0.25, 0.3) is 0 Å². The van der Waals surface area contributed by atoms with Gasteiger partial charge in [0.05, 0.1) is 0 Å². The SMILES string of the molecule is CC(C)Cc1cc(N2CC(CNC(=O)OC(C)(C)C)C2)ncn1. The van der Waals surface area contributed by atoms with Gasteiger partial charge in [0.1, 0.15) is 17.7 Å². The predicted octanol–water partition coefficient (Wildman–Crippen LogP) is 2.64. The molecule has 1 fully saturated rings. The Morgan fingerprint density at radius 2 is 2.09 bits per heavy atom. The van der Waals surface area contributed by atoms with Gasteiger partial charge in [-0.15, -0.1) is 0 Å². The Labute approximate surface area is 138 Å². The van der Waals surface area contributed by atoms with Crippen LogP contribution in [-0.4, -0.2) is 41.3 Å². The summed E-state index contributed by atoms with van der Waals surface area (Å²) in [4.78, 5) is 22.5. The van der Waals surface area contributed by atoms with Crippen LogP contribution in [0, 0.1) is 11.8 Å². The second kappa shape index (κ2) is 7.15. The lowest BCUT2D eigenvalue weighted by atomic mass is 10.00. The maximum absolute atomic E-state index is 11.6. The van der Waals surface area contributed by atoms with Crippen LogP contribution in [0.2, 0.25) is 0 Å². The fourth-order valence-corrected chi connectivity index (χ4v) is 2.52. The molecular weight excluding hydrogens is 292 g/mol. The molecule has 6 nitrogen and oxygen atoms in total. The third kappa shape index (κ3) is 5.69. The van der Waals surface area contributed by atoms with Gasteiger partial charge in [-0.3, -0.25) is 0 Å². The average Bonchev–Trinajstić information content (AvgIpc) is 2.34. The summed E-state index contributed by atoms with van der Waals surface area (Å²) in [7, 11) is 0. The number of nitrogens with one attached hydrogen (secondary N) is 1. The maximum atomic E-state index is 11.6. The van der Waals surface area contributed by atoms with Crippen LogP contribution < -0.4 is 10.2 Å². The molecule has 2 rings (SSSR count). The van der Waals surface area contributed by atoms with E-state index in [1.807, 2.05) is 20.8 Å². The van der Waals surface area contributed by atoms with Crippen LogP contribution in [0.25, 0.3) is 0 Å². The molecule has 0 bridgehead atoms. The van der Waals surface area contributed by atoms with E-state index in [2.05, 4.69) is 40.1 Å². The van der Waals surface area contributed by atoms with Gasteiger partial charge in [-0.05, 0) is 33.1 Å². The largest absolute Gasteiger partial charge is 0.444 e. The summed E-state index contributed by atoms with van der Waals surface area (Å²) >= 11 is 0. The summed E-state index contributed by atoms with van der Waals surface area (Å²) in [6, 6.07) is 2.07. The van der Waals surface area contributed by atoms with Crippen LogP contribution in [0.15, 0.2) is 12.4 Å². The Balaban J connectivity index is 1.75. The van der Waals surface area contributed by atoms with E-state index in [4.69, 9.17) is 4.74 Å². The van der Waals surface area contributed by atoms with Crippen LogP contribution in [0.1, 0.15) is 40.3 Å². The molecule has 1 aromatic heterocycles. The van der Waals surface area contributed by atoms with E-state index < -0.39 is 5.60 Å². The van der Waals surface area contributed by atoms with Crippen molar-refractivity contribution < 1.29 is 9.53 Å². The fraction of sp³-hybridized carbons (Fsp3) is 0.706. The number of carbonyl (C=O) groups excluding carboxylic acids is 1. The number of hydrogen-bond donors (Lipinski definition) is 1. The molecule has 2 heterocycles. The second-order valence-electron chi connectivity index (χ2n) is 7.62. The first-order chi connectivity index (χ1) is 10.7. The lowest BCUT2D eigenvalue weighted by Gasteiger charge is -2.40. The lowest BCUT2D eigenvalue weighted by Crippen LogP contribution is -2.52. The normalized spacial score (nSPS) is 15.5. The average molecular weight is 320 g/mol. The molecule has 128 valence electrons. The molecule has 0 spiro atoms. The summed E-state index contributed by atoms with van der Waals surface area (Å²) in [5, 5.41) is 2.83. The highest BCUT2D eigenvalue weighted by Crippen LogP contribution is 2.23. The highest BCUT2D eigenvalue weighted by Gasteiger charge is 2.28. The van der Waals surface area contributed by atoms with E-state index in [0.717, 1.165) is 31.0 Å². The van der Waals surface area contributed by atoms with E-state index in [-0.39, 0.29) is 6.09 Å². The minimum absolute atomic E-state index is 0.350. The van der Waals surface area contributed by atoms with Gasteiger partial charge in [-0.2, -0.15) is 0 Å². The fourth-order valence-electron chi connectivity index (χ4n) is 2.52. The molecule has 23 heavy (non-hydrogen) atoms. The monoisotopic (exact) mass is 320 g/mol. The van der Waals surface area contributed by atoms with Crippen LogP contribution in [-0.2, 0) is 11.2 Å². The first-order valence-electron chi connectivity index (χ1n) is 8.25. The van der Waals surface area contributed by atoms with Crippen molar-refractivity contribution in [2.75, 3.05) is 24.5 Å². The first kappa shape index (κ1) is 17.5. The third-order valence-corrected chi connectivity index (χ3v) is 3.54. The summed E-state index contributed by atoms with van der Waals surface area (Å²) in [5.41, 5.74) is 0.629. The Morgan fingerprint density at radius 1 is 1.39 bits per heavy atom. The zero-order chi connectivity index (χ0) is 17.0. The van der Waals surface area contributed by atoms with E-state index in [1.54, 1.807) is 6.33 Å². The van der Waals surface area contributed by atoms with E-state index in [1.165, 1.54) is 0 Å². The molecule has 0 aliphatic carbocycles. The smallest absolute Gasteiger partial charge is 0.407 e. The third-order valence-electron chi connectivity index (χ3n) is 3.54. The minimum atomic E-state index is -0.455. The molecular formula is C17H28N4O2. The van der Waals surface area contributed by atoms with Crippen molar-refractivity contribution in [3.63, 3.8) is 0 Å². The second-order valence-corrected chi connectivity index (χ2v) is 7.62. The molecule has 0 radical (unpaired) electrons. The number of rotatable bonds is 5. The van der Waals surface area contributed by atoms with E-state index >= 15 is 0 Å². The Bertz CT molecular complexity index is 534. The van der Waals surface area contributed by atoms with Crippen molar-refractivity contribution in [1.29, 1.82) is 0 Å². The van der Waals surface area contributed by atoms with Gasteiger partial charge >= 0.3 is 6.09 Å². The highest BCUT2D eigenvalue weighted by molar-refractivity contribution is 5.67. The highest BCUT2D eigenvalue weighted by atomic mass is 16.6. The zero-order valence-electron chi connectivity index (χ0n) is 14.8. The van der Waals surface area contributed by atoms with Gasteiger partial charge < -0.3 is 15.0 Å². The van der Waals surface area contributed by atoms with Crippen molar-refractivity contribution in [1.82, 2.24) is 15.3 Å². The minimum Gasteiger partial charge on any atom is -0.444 e. The molecule has 1 aliphatic rings. The molecule has 1 N–H and O–H groups in total. The van der Waals surface area contributed by atoms with Gasteiger partial charge in [-0.1, -0.05) is 13.8 Å². The number of nitrogens with zero attached hydrogens (tertiary/aromatic N) is 3. The molecule has 0 saturated carbocycles. The van der Waals surface area contributed by atoms with E-state index in [9.17, 15) is 4.79 Å². The number of carbonyl (C=O) groups is 1. The van der Waals surface area contributed by atoms with Crippen LogP contribution >= 0.6 is 0 Å². The number of aromatic nitrogens is 2. The van der Waals surface area contributed by atoms with Crippen molar-refractivity contribution in [3.8, 4) is 0 Å². The quantitative estimate of drug-likeness (QED) is 0.903. The molecule has 1 aliphatic heterocycles. The topological polar surface area (TPSA) is 67.4 Å². The van der Waals surface area contributed by atoms with Gasteiger partial charge in [0.2, 0.25) is 0 Å². The number of hydrogen-bond acceptors (Lipinski definition) is 5. The summed E-state index contributed by atoms with van der Waals surface area (Å²) in [5.74, 6) is 2.00. The zero-order valence-corrected chi connectivity index (χ0v) is 14.8. The molecule has 1 saturated heterocycles. The standard InChI is InChI=1S/C17H28N4O2/c1-12(2)6-14-7-15(20-11-19-14)21-9-13(10-21)8-18-16(22)23-17(3,4)5/h7,11-13H,6,8-10H2,1-5H3,(H,18,22). The summed E-state index contributed by atoms with van der Waals surface area (Å²) in [6.07, 6.45) is 2.25. The van der Waals surface area contributed by atoms with Gasteiger partial charge in [-0.25, -0.2) is 14.8 Å². The van der Waals surface area contributed by atoms with Crippen molar-refractivity contribution >= 4 is 11.9 Å². The van der Waals surface area contributed by atoms with Gasteiger partial charge in [0.15, 0.2) is 0 Å². The summed E-state index contributed by atoms with van der Waals surface area (Å²) < 4.78 is 5.24. The number of amides is 1. The summed E-state index contributed by atoms with van der Waals surface area (Å²) in [6.45, 7) is 12.4. The first-order valence-corrected chi connectivity index (χ1v) is 8.25. The van der Waals surface area contributed by atoms with Crippen molar-refractivity contribution in [2.24, 2.45) is 11.8 Å². The van der Waals surface area contributed by atoms with Crippen molar-refractivity contribution in [3.05, 3.63) is 18.1 Å². The Morgan fingerprint density at radius 3 is 2.70 bits per heavy atom. The number of alkyl carbamates (subject to hydrolysis) is 1. The lowest BCUT2D eigenvalue weighted by molar-refractivity contribution is 0.0516. The molecule has 1 aromatic rings. The Hall–Kier alpha value is -1.85. The van der Waals surface area contributed by atoms with Crippen molar-refractivity contribution in [2.45, 2.75) is 46.6 Å². The van der Waals surface area contributed by atoms with Gasteiger partial charge in [0, 0.05) is 37.3 Å². The molecule has 1 amide bonds. The molecule has 0 unspecified atom stereocenters. The molecule has 0 aromatic carbocycles. The Kier molecular flexibility index (Phi) is 5.44. The van der Waals surface area contributed by atoms with Crippen LogP contribution in [0.5, 0.6) is 0 Å². The number of anilines is 1. The predicted molar refractivity (Wildman–Crippen MR) is 90.5 cm³/mol. The van der Waals surface area contributed by atoms with E-state index in [0.29, 0.717) is 18.4 Å².